The molecule has 0 aliphatic carbocycles. The topological polar surface area (TPSA) is 132 Å². The number of ether oxygens (including phenoxy) is 1. The quantitative estimate of drug-likeness (QED) is 0.256. The predicted octanol–water partition coefficient (Wildman–Crippen LogP) is 0.338. The van der Waals surface area contributed by atoms with Gasteiger partial charge in [-0.3, -0.25) is 4.79 Å². The van der Waals surface area contributed by atoms with Gasteiger partial charge in [-0.15, -0.1) is 11.8 Å². The van der Waals surface area contributed by atoms with Crippen molar-refractivity contribution in [1.29, 1.82) is 0 Å². The predicted molar refractivity (Wildman–Crippen MR) is 135 cm³/mol. The molecule has 0 aromatic heterocycles. The van der Waals surface area contributed by atoms with Gasteiger partial charge in [0.05, 0.1) is 55.4 Å². The Kier molecular flexibility index (Phi) is 7.18. The lowest BCUT2D eigenvalue weighted by Crippen LogP contribution is -2.64. The SMILES string of the molecule is C=CCOC(=O)N1C[C@@H](SC2=C(C(=O)[O-])N3C(=O)[C@H]([C@@H](C)O)[C@H]3[C@H]2C)C[C@@H]1CCN1CCC2=NC=C[N+]21. The van der Waals surface area contributed by atoms with Gasteiger partial charge in [0, 0.05) is 33.7 Å². The van der Waals surface area contributed by atoms with Gasteiger partial charge in [0.2, 0.25) is 5.91 Å². The minimum atomic E-state index is -1.39. The molecule has 0 unspecified atom stereocenters. The first-order valence-electron chi connectivity index (χ1n) is 12.7. The van der Waals surface area contributed by atoms with E-state index in [2.05, 4.69) is 21.6 Å². The maximum Gasteiger partial charge on any atom is 0.410 e. The summed E-state index contributed by atoms with van der Waals surface area (Å²) in [4.78, 5) is 45.6. The lowest BCUT2D eigenvalue weighted by molar-refractivity contribution is -0.301. The van der Waals surface area contributed by atoms with Crippen molar-refractivity contribution in [3.8, 4) is 0 Å². The molecule has 0 aromatic rings. The number of hydrogen-bond donors (Lipinski definition) is 1. The molecular formula is C25H32N5O6S. The van der Waals surface area contributed by atoms with Crippen molar-refractivity contribution in [2.75, 3.05) is 26.2 Å². The van der Waals surface area contributed by atoms with E-state index < -0.39 is 30.1 Å². The van der Waals surface area contributed by atoms with Crippen LogP contribution < -0.4 is 10.1 Å². The Balaban J connectivity index is 1.31. The molecule has 5 heterocycles. The number of β-lactam (4-membered cyclic amide) rings is 1. The van der Waals surface area contributed by atoms with E-state index in [9.17, 15) is 24.6 Å². The van der Waals surface area contributed by atoms with E-state index in [1.54, 1.807) is 18.0 Å². The number of carboxylic acid groups (broad SMARTS) is 1. The average Bonchev–Trinajstić information content (AvgIpc) is 3.60. The number of amides is 2. The van der Waals surface area contributed by atoms with E-state index in [1.165, 1.54) is 22.7 Å². The fourth-order valence-corrected chi connectivity index (χ4v) is 7.70. The summed E-state index contributed by atoms with van der Waals surface area (Å²) in [7, 11) is 0. The zero-order valence-corrected chi connectivity index (χ0v) is 21.8. The van der Waals surface area contributed by atoms with Crippen LogP contribution in [-0.2, 0) is 14.3 Å². The van der Waals surface area contributed by atoms with E-state index in [4.69, 9.17) is 4.74 Å². The normalized spacial score (nSPS) is 31.9. The van der Waals surface area contributed by atoms with E-state index in [0.717, 1.165) is 31.8 Å². The Bertz CT molecular complexity index is 1090. The second-order valence-electron chi connectivity index (χ2n) is 10.1. The zero-order valence-electron chi connectivity index (χ0n) is 21.0. The number of amidine groups is 1. The molecule has 1 N–H and O–H groups in total. The molecular weight excluding hydrogens is 498 g/mol. The number of rotatable bonds is 9. The van der Waals surface area contributed by atoms with E-state index in [1.807, 2.05) is 13.1 Å². The molecule has 1 radical (unpaired) electrons. The van der Waals surface area contributed by atoms with Crippen LogP contribution in [-0.4, -0.2) is 93.4 Å². The lowest BCUT2D eigenvalue weighted by Gasteiger charge is -2.47. The summed E-state index contributed by atoms with van der Waals surface area (Å²) in [6.07, 6.45) is 6.22. The number of nitrogens with zero attached hydrogens (tertiary/aromatic N) is 5. The fraction of sp³-hybridized carbons (Fsp3) is 0.600. The van der Waals surface area contributed by atoms with Crippen LogP contribution in [0.5, 0.6) is 0 Å². The van der Waals surface area contributed by atoms with Crippen LogP contribution in [0.4, 0.5) is 4.79 Å². The summed E-state index contributed by atoms with van der Waals surface area (Å²) in [5.74, 6) is -1.63. The number of hydrazine groups is 1. The van der Waals surface area contributed by atoms with Crippen molar-refractivity contribution >= 4 is 35.6 Å². The van der Waals surface area contributed by atoms with E-state index in [0.29, 0.717) is 17.9 Å². The Morgan fingerprint density at radius 1 is 1.46 bits per heavy atom. The summed E-state index contributed by atoms with van der Waals surface area (Å²) in [5, 5.41) is 26.4. The van der Waals surface area contributed by atoms with Gasteiger partial charge in [-0.05, 0) is 19.8 Å². The molecule has 12 heteroatoms. The second-order valence-corrected chi connectivity index (χ2v) is 11.4. The van der Waals surface area contributed by atoms with Crippen LogP contribution in [0.25, 0.3) is 0 Å². The lowest BCUT2D eigenvalue weighted by atomic mass is 9.79. The Morgan fingerprint density at radius 3 is 2.95 bits per heavy atom. The maximum atomic E-state index is 12.9. The molecule has 5 aliphatic heterocycles. The molecule has 5 rings (SSSR count). The van der Waals surface area contributed by atoms with Crippen LogP contribution in [0.1, 0.15) is 33.1 Å². The van der Waals surface area contributed by atoms with Gasteiger partial charge < -0.3 is 29.5 Å². The third-order valence-corrected chi connectivity index (χ3v) is 9.34. The summed E-state index contributed by atoms with van der Waals surface area (Å²) >= 11 is 1.40. The first-order chi connectivity index (χ1) is 17.7. The number of hydrogen-bond acceptors (Lipinski definition) is 10. The van der Waals surface area contributed by atoms with Crippen molar-refractivity contribution in [3.05, 3.63) is 35.7 Å². The molecule has 199 valence electrons. The van der Waals surface area contributed by atoms with Gasteiger partial charge in [0.15, 0.2) is 6.20 Å². The highest BCUT2D eigenvalue weighted by molar-refractivity contribution is 8.03. The number of carboxylic acids is 1. The van der Waals surface area contributed by atoms with Crippen LogP contribution in [0.3, 0.4) is 0 Å². The van der Waals surface area contributed by atoms with Crippen molar-refractivity contribution in [3.63, 3.8) is 0 Å². The van der Waals surface area contributed by atoms with Gasteiger partial charge in [0.1, 0.15) is 6.61 Å². The molecule has 11 nitrogen and oxygen atoms in total. The standard InChI is InChI=1S/C25H33N5O6S/c1-4-11-36-25(35)28-13-17(12-16(28)5-8-27-9-6-18-26-7-10-29(18)27)37-22-14(2)20-19(15(3)31)23(32)30(20)21(22)24(33)34/h4,7,10,14-17,19-20,31H,1,5-6,8-9,11-13H2,2-3H3,(H,33,34)/q+1/p-1/t14-,15-,16+,17+,19-,20-/m1/s1. The first kappa shape index (κ1) is 26.0. The number of thioether (sulfide) groups is 1. The molecule has 37 heavy (non-hydrogen) atoms. The molecule has 0 spiro atoms. The van der Waals surface area contributed by atoms with E-state index >= 15 is 0 Å². The molecule has 2 amide bonds. The highest BCUT2D eigenvalue weighted by atomic mass is 32.2. The van der Waals surface area contributed by atoms with Gasteiger partial charge in [-0.25, -0.2) is 4.79 Å². The molecule has 0 aromatic carbocycles. The van der Waals surface area contributed by atoms with Crippen molar-refractivity contribution in [2.45, 2.75) is 56.5 Å². The first-order valence-corrected chi connectivity index (χ1v) is 13.6. The van der Waals surface area contributed by atoms with Gasteiger partial charge in [-0.2, -0.15) is 4.99 Å². The summed E-state index contributed by atoms with van der Waals surface area (Å²) < 4.78 is 5.35. The number of aliphatic hydroxyl groups excluding tert-OH is 1. The molecule has 5 aliphatic rings. The highest BCUT2D eigenvalue weighted by Crippen LogP contribution is 2.52. The minimum absolute atomic E-state index is 0.0748. The number of aliphatic carboxylic acids is 1. The maximum absolute atomic E-state index is 12.9. The highest BCUT2D eigenvalue weighted by Gasteiger charge is 2.59. The third-order valence-electron chi connectivity index (χ3n) is 7.85. The molecule has 3 saturated heterocycles. The Labute approximate surface area is 220 Å². The number of carbonyl (C=O) groups excluding carboxylic acids is 3. The van der Waals surface area contributed by atoms with Crippen LogP contribution in [0, 0.1) is 11.8 Å². The second kappa shape index (κ2) is 10.2. The minimum Gasteiger partial charge on any atom is -0.543 e. The third kappa shape index (κ3) is 4.49. The number of fused-ring (bicyclic) bond motifs is 2. The van der Waals surface area contributed by atoms with Gasteiger partial charge in [0.25, 0.3) is 5.84 Å². The summed E-state index contributed by atoms with van der Waals surface area (Å²) in [6.45, 7) is 9.16. The van der Waals surface area contributed by atoms with Crippen LogP contribution >= 0.6 is 11.8 Å². The smallest absolute Gasteiger partial charge is 0.410 e. The Morgan fingerprint density at radius 2 is 2.24 bits per heavy atom. The molecule has 6 atom stereocenters. The van der Waals surface area contributed by atoms with Crippen molar-refractivity contribution < 1.29 is 29.3 Å². The van der Waals surface area contributed by atoms with Crippen molar-refractivity contribution in [2.24, 2.45) is 16.8 Å². The fourth-order valence-electron chi connectivity index (χ4n) is 6.14. The van der Waals surface area contributed by atoms with Gasteiger partial charge in [-0.1, -0.05) is 24.6 Å². The largest absolute Gasteiger partial charge is 0.543 e. The number of aliphatic imine (C=N–C) groups is 1. The Hall–Kier alpha value is -2.67. The monoisotopic (exact) mass is 530 g/mol. The zero-order chi connectivity index (χ0) is 26.4. The molecule has 3 fully saturated rings. The van der Waals surface area contributed by atoms with E-state index in [-0.39, 0.29) is 35.4 Å². The number of aliphatic hydroxyl groups is 1. The summed E-state index contributed by atoms with van der Waals surface area (Å²) in [5.41, 5.74) is -0.0988. The molecule has 0 bridgehead atoms. The van der Waals surface area contributed by atoms with Crippen LogP contribution in [0.2, 0.25) is 0 Å². The van der Waals surface area contributed by atoms with Crippen LogP contribution in [0.15, 0.2) is 40.6 Å². The molecule has 0 saturated carbocycles. The number of carbonyl (C=O) groups is 3. The number of likely N-dealkylation sites (tertiary alicyclic amines) is 1. The van der Waals surface area contributed by atoms with Gasteiger partial charge >= 0.3 is 6.09 Å². The summed E-state index contributed by atoms with van der Waals surface area (Å²) in [6, 6.07) is -0.483. The van der Waals surface area contributed by atoms with Crippen molar-refractivity contribution in [1.82, 2.24) is 19.8 Å². The average molecular weight is 531 g/mol.